The number of hydrogen-bond acceptors (Lipinski definition) is 4. The van der Waals surface area contributed by atoms with Crippen LogP contribution in [0.2, 0.25) is 0 Å². The van der Waals surface area contributed by atoms with Gasteiger partial charge in [0, 0.05) is 26.2 Å². The van der Waals surface area contributed by atoms with Crippen molar-refractivity contribution in [2.45, 2.75) is 25.2 Å². The van der Waals surface area contributed by atoms with E-state index in [-0.39, 0.29) is 37.8 Å². The number of rotatable bonds is 6. The van der Waals surface area contributed by atoms with Crippen molar-refractivity contribution in [3.8, 4) is 5.75 Å². The lowest BCUT2D eigenvalue weighted by Crippen LogP contribution is -2.50. The molecule has 0 aromatic heterocycles. The van der Waals surface area contributed by atoms with Crippen LogP contribution in [0.1, 0.15) is 17.5 Å². The summed E-state index contributed by atoms with van der Waals surface area (Å²) in [5.41, 5.74) is 1.59. The van der Waals surface area contributed by atoms with Gasteiger partial charge in [-0.15, -0.1) is 0 Å². The number of halogens is 1. The van der Waals surface area contributed by atoms with E-state index in [0.29, 0.717) is 23.5 Å². The van der Waals surface area contributed by atoms with Gasteiger partial charge in [-0.1, -0.05) is 24.3 Å². The van der Waals surface area contributed by atoms with Crippen LogP contribution in [0, 0.1) is 19.7 Å². The molecule has 2 aromatic carbocycles. The summed E-state index contributed by atoms with van der Waals surface area (Å²) in [6.45, 7) is 4.84. The first-order valence-electron chi connectivity index (χ1n) is 9.51. The second kappa shape index (κ2) is 8.92. The molecule has 0 bridgehead atoms. The first kappa shape index (κ1) is 21.3. The maximum atomic E-state index is 13.5. The smallest absolute Gasteiger partial charge is 0.243 e. The van der Waals surface area contributed by atoms with E-state index in [1.807, 2.05) is 13.0 Å². The number of sulfonamides is 1. The standard InChI is InChI=1S/C21H25FN2O4S/c1-16-7-8-17(2)20(15-16)29(26,27)24-12-10-23(11-13-24)21(25)9-14-28-19-6-4-3-5-18(19)22/h3-8,15H,9-14H2,1-2H3. The number of benzene rings is 2. The van der Waals surface area contributed by atoms with E-state index in [2.05, 4.69) is 0 Å². The second-order valence-corrected chi connectivity index (χ2v) is 8.99. The van der Waals surface area contributed by atoms with Crippen LogP contribution in [0.15, 0.2) is 47.4 Å². The normalized spacial score (nSPS) is 15.3. The van der Waals surface area contributed by atoms with Crippen molar-refractivity contribution in [2.75, 3.05) is 32.8 Å². The van der Waals surface area contributed by atoms with Gasteiger partial charge in [0.15, 0.2) is 11.6 Å². The highest BCUT2D eigenvalue weighted by Crippen LogP contribution is 2.22. The first-order chi connectivity index (χ1) is 13.8. The van der Waals surface area contributed by atoms with Crippen LogP contribution in [0.4, 0.5) is 4.39 Å². The molecule has 0 unspecified atom stereocenters. The van der Waals surface area contributed by atoms with Crippen LogP contribution >= 0.6 is 0 Å². The molecule has 1 aliphatic heterocycles. The van der Waals surface area contributed by atoms with E-state index in [9.17, 15) is 17.6 Å². The van der Waals surface area contributed by atoms with Crippen LogP contribution in [-0.4, -0.2) is 56.3 Å². The van der Waals surface area contributed by atoms with Crippen molar-refractivity contribution < 1.29 is 22.3 Å². The van der Waals surface area contributed by atoms with Gasteiger partial charge in [0.1, 0.15) is 0 Å². The van der Waals surface area contributed by atoms with Gasteiger partial charge in [0.2, 0.25) is 15.9 Å². The van der Waals surface area contributed by atoms with E-state index in [1.165, 1.54) is 16.4 Å². The van der Waals surface area contributed by atoms with Gasteiger partial charge < -0.3 is 9.64 Å². The van der Waals surface area contributed by atoms with Crippen molar-refractivity contribution in [3.63, 3.8) is 0 Å². The molecule has 1 heterocycles. The molecule has 0 spiro atoms. The highest BCUT2D eigenvalue weighted by atomic mass is 32.2. The Hall–Kier alpha value is -2.45. The number of ether oxygens (including phenoxy) is 1. The molecule has 0 saturated carbocycles. The fourth-order valence-corrected chi connectivity index (χ4v) is 5.00. The summed E-state index contributed by atoms with van der Waals surface area (Å²) in [6, 6.07) is 11.4. The van der Waals surface area contributed by atoms with Crippen LogP contribution < -0.4 is 4.74 Å². The Morgan fingerprint density at radius 3 is 2.45 bits per heavy atom. The van der Waals surface area contributed by atoms with Crippen molar-refractivity contribution >= 4 is 15.9 Å². The molecule has 1 saturated heterocycles. The molecule has 6 nitrogen and oxygen atoms in total. The number of amides is 1. The monoisotopic (exact) mass is 420 g/mol. The Labute approximate surface area is 170 Å². The van der Waals surface area contributed by atoms with Crippen molar-refractivity contribution in [3.05, 3.63) is 59.4 Å². The Morgan fingerprint density at radius 2 is 1.76 bits per heavy atom. The largest absolute Gasteiger partial charge is 0.490 e. The summed E-state index contributed by atoms with van der Waals surface area (Å²) < 4.78 is 46.2. The Kier molecular flexibility index (Phi) is 6.54. The predicted molar refractivity (Wildman–Crippen MR) is 108 cm³/mol. The predicted octanol–water partition coefficient (Wildman–Crippen LogP) is 2.74. The summed E-state index contributed by atoms with van der Waals surface area (Å²) in [6.07, 6.45) is 0.109. The molecule has 0 N–H and O–H groups in total. The number of carbonyl (C=O) groups excluding carboxylic acids is 1. The summed E-state index contributed by atoms with van der Waals surface area (Å²) >= 11 is 0. The summed E-state index contributed by atoms with van der Waals surface area (Å²) in [5, 5.41) is 0. The minimum Gasteiger partial charge on any atom is -0.490 e. The molecule has 0 atom stereocenters. The molecular formula is C21H25FN2O4S. The van der Waals surface area contributed by atoms with Crippen molar-refractivity contribution in [1.29, 1.82) is 0 Å². The lowest BCUT2D eigenvalue weighted by molar-refractivity contribution is -0.132. The van der Waals surface area contributed by atoms with Gasteiger partial charge in [-0.3, -0.25) is 4.79 Å². The van der Waals surface area contributed by atoms with Crippen LogP contribution in [0.25, 0.3) is 0 Å². The quantitative estimate of drug-likeness (QED) is 0.721. The van der Waals surface area contributed by atoms with Gasteiger partial charge in [-0.25, -0.2) is 12.8 Å². The Bertz CT molecular complexity index is 986. The average molecular weight is 421 g/mol. The Morgan fingerprint density at radius 1 is 1.07 bits per heavy atom. The molecule has 156 valence electrons. The van der Waals surface area contributed by atoms with Gasteiger partial charge in [0.25, 0.3) is 0 Å². The second-order valence-electron chi connectivity index (χ2n) is 7.08. The van der Waals surface area contributed by atoms with E-state index in [4.69, 9.17) is 4.74 Å². The molecule has 1 amide bonds. The molecular weight excluding hydrogens is 395 g/mol. The highest BCUT2D eigenvalue weighted by molar-refractivity contribution is 7.89. The zero-order chi connectivity index (χ0) is 21.0. The fourth-order valence-electron chi connectivity index (χ4n) is 3.27. The maximum absolute atomic E-state index is 13.5. The summed E-state index contributed by atoms with van der Waals surface area (Å²) in [5.74, 6) is -0.486. The molecule has 0 radical (unpaired) electrons. The topological polar surface area (TPSA) is 66.9 Å². The van der Waals surface area contributed by atoms with Crippen LogP contribution in [0.5, 0.6) is 5.75 Å². The summed E-state index contributed by atoms with van der Waals surface area (Å²) in [7, 11) is -3.59. The average Bonchev–Trinajstić information content (AvgIpc) is 2.71. The lowest BCUT2D eigenvalue weighted by atomic mass is 10.2. The van der Waals surface area contributed by atoms with E-state index in [1.54, 1.807) is 36.1 Å². The number of piperazine rings is 1. The fraction of sp³-hybridized carbons (Fsp3) is 0.381. The molecule has 0 aliphatic carbocycles. The van der Waals surface area contributed by atoms with Gasteiger partial charge in [0.05, 0.1) is 17.9 Å². The van der Waals surface area contributed by atoms with Gasteiger partial charge >= 0.3 is 0 Å². The Balaban J connectivity index is 1.54. The zero-order valence-corrected chi connectivity index (χ0v) is 17.4. The zero-order valence-electron chi connectivity index (χ0n) is 16.6. The third-order valence-corrected chi connectivity index (χ3v) is 7.00. The number of hydrogen-bond donors (Lipinski definition) is 0. The van der Waals surface area contributed by atoms with E-state index < -0.39 is 15.8 Å². The molecule has 29 heavy (non-hydrogen) atoms. The maximum Gasteiger partial charge on any atom is 0.243 e. The number of para-hydroxylation sites is 1. The molecule has 8 heteroatoms. The number of carbonyl (C=O) groups is 1. The first-order valence-corrected chi connectivity index (χ1v) is 11.0. The highest BCUT2D eigenvalue weighted by Gasteiger charge is 2.31. The minimum atomic E-state index is -3.59. The molecule has 1 fully saturated rings. The van der Waals surface area contributed by atoms with E-state index >= 15 is 0 Å². The summed E-state index contributed by atoms with van der Waals surface area (Å²) in [4.78, 5) is 14.3. The number of aryl methyl sites for hydroxylation is 2. The third kappa shape index (κ3) is 4.94. The minimum absolute atomic E-state index is 0.0702. The molecule has 1 aliphatic rings. The van der Waals surface area contributed by atoms with Crippen molar-refractivity contribution in [2.24, 2.45) is 0 Å². The number of nitrogens with zero attached hydrogens (tertiary/aromatic N) is 2. The van der Waals surface area contributed by atoms with Crippen LogP contribution in [0.3, 0.4) is 0 Å². The van der Waals surface area contributed by atoms with E-state index in [0.717, 1.165) is 5.56 Å². The SMILES string of the molecule is Cc1ccc(C)c(S(=O)(=O)N2CCN(C(=O)CCOc3ccccc3F)CC2)c1. The lowest BCUT2D eigenvalue weighted by Gasteiger charge is -2.34. The van der Waals surface area contributed by atoms with Gasteiger partial charge in [-0.2, -0.15) is 4.31 Å². The van der Waals surface area contributed by atoms with Gasteiger partial charge in [-0.05, 0) is 43.2 Å². The van der Waals surface area contributed by atoms with Crippen LogP contribution in [-0.2, 0) is 14.8 Å². The van der Waals surface area contributed by atoms with Crippen molar-refractivity contribution in [1.82, 2.24) is 9.21 Å². The molecule has 2 aromatic rings. The molecule has 3 rings (SSSR count). The third-order valence-electron chi connectivity index (χ3n) is 4.96.